The molecule has 28 heavy (non-hydrogen) atoms. The van der Waals surface area contributed by atoms with Crippen molar-refractivity contribution in [3.05, 3.63) is 78.5 Å². The Labute approximate surface area is 166 Å². The van der Waals surface area contributed by atoms with Crippen molar-refractivity contribution >= 4 is 23.4 Å². The molecule has 6 nitrogen and oxygen atoms in total. The molecule has 1 aromatic heterocycles. The first-order valence-corrected chi connectivity index (χ1v) is 9.01. The molecule has 6 heteroatoms. The molecule has 5 N–H and O–H groups in total. The molecule has 146 valence electrons. The molecule has 1 atom stereocenters. The van der Waals surface area contributed by atoms with Gasteiger partial charge in [0.05, 0.1) is 5.41 Å². The third kappa shape index (κ3) is 4.65. The summed E-state index contributed by atoms with van der Waals surface area (Å²) in [4.78, 5) is 21.1. The molecular formula is C22H27N5O. The van der Waals surface area contributed by atoms with Crippen molar-refractivity contribution in [2.75, 3.05) is 5.32 Å². The fraction of sp³-hybridized carbons (Fsp3) is 0.227. The molecule has 1 amide bonds. The highest BCUT2D eigenvalue weighted by Gasteiger charge is 2.38. The number of carbonyl (C=O) groups is 1. The zero-order valence-electron chi connectivity index (χ0n) is 16.5. The molecule has 0 radical (unpaired) electrons. The molecule has 1 heterocycles. The number of pyridine rings is 1. The van der Waals surface area contributed by atoms with Crippen LogP contribution in [0.2, 0.25) is 0 Å². The van der Waals surface area contributed by atoms with Gasteiger partial charge in [-0.2, -0.15) is 0 Å². The van der Waals surface area contributed by atoms with Crippen LogP contribution in [0.1, 0.15) is 31.9 Å². The fourth-order valence-corrected chi connectivity index (χ4v) is 2.80. The number of hydrogen-bond donors (Lipinski definition) is 3. The average Bonchev–Trinajstić information content (AvgIpc) is 2.68. The third-order valence-corrected chi connectivity index (χ3v) is 4.93. The molecule has 2 aromatic rings. The van der Waals surface area contributed by atoms with E-state index in [2.05, 4.69) is 21.9 Å². The molecule has 0 aliphatic carbocycles. The van der Waals surface area contributed by atoms with E-state index in [4.69, 9.17) is 11.5 Å². The minimum absolute atomic E-state index is 0.0722. The summed E-state index contributed by atoms with van der Waals surface area (Å²) in [7, 11) is 0. The number of hydrogen-bond acceptors (Lipinski definition) is 5. The van der Waals surface area contributed by atoms with E-state index in [1.165, 1.54) is 6.20 Å². The number of benzene rings is 1. The molecule has 0 aliphatic heterocycles. The van der Waals surface area contributed by atoms with Crippen molar-refractivity contribution in [1.82, 2.24) is 4.98 Å². The van der Waals surface area contributed by atoms with Gasteiger partial charge in [0.2, 0.25) is 5.91 Å². The van der Waals surface area contributed by atoms with Gasteiger partial charge in [0.15, 0.2) is 0 Å². The van der Waals surface area contributed by atoms with E-state index in [9.17, 15) is 4.79 Å². The number of nitrogens with one attached hydrogen (secondary N) is 1. The van der Waals surface area contributed by atoms with Gasteiger partial charge in [0.25, 0.3) is 0 Å². The minimum atomic E-state index is -0.714. The maximum absolute atomic E-state index is 13.1. The van der Waals surface area contributed by atoms with Crippen molar-refractivity contribution in [2.24, 2.45) is 22.4 Å². The van der Waals surface area contributed by atoms with Crippen LogP contribution >= 0.6 is 0 Å². The van der Waals surface area contributed by atoms with Gasteiger partial charge in [-0.05, 0) is 36.1 Å². The van der Waals surface area contributed by atoms with E-state index >= 15 is 0 Å². The van der Waals surface area contributed by atoms with Crippen LogP contribution in [0, 0.1) is 5.92 Å². The van der Waals surface area contributed by atoms with Gasteiger partial charge in [0.1, 0.15) is 5.82 Å². The number of aliphatic imine (C=N–C) groups is 1. The lowest BCUT2D eigenvalue weighted by Gasteiger charge is -2.33. The Morgan fingerprint density at radius 3 is 2.32 bits per heavy atom. The summed E-state index contributed by atoms with van der Waals surface area (Å²) in [6.45, 7) is 9.55. The third-order valence-electron chi connectivity index (χ3n) is 4.93. The van der Waals surface area contributed by atoms with E-state index in [0.29, 0.717) is 5.57 Å². The molecule has 0 saturated carbocycles. The highest BCUT2D eigenvalue weighted by Crippen LogP contribution is 2.34. The predicted octanol–water partition coefficient (Wildman–Crippen LogP) is 3.43. The normalized spacial score (nSPS) is 14.1. The number of allylic oxidation sites excluding steroid dienone is 1. The van der Waals surface area contributed by atoms with Gasteiger partial charge in [-0.3, -0.25) is 9.78 Å². The lowest BCUT2D eigenvalue weighted by Crippen LogP contribution is -2.42. The second kappa shape index (κ2) is 8.99. The molecule has 0 fully saturated rings. The van der Waals surface area contributed by atoms with Crippen LogP contribution in [-0.2, 0) is 10.2 Å². The van der Waals surface area contributed by atoms with E-state index in [1.807, 2.05) is 45.0 Å². The molecule has 0 bridgehead atoms. The maximum atomic E-state index is 13.1. The summed E-state index contributed by atoms with van der Waals surface area (Å²) in [5.74, 6) is 0.208. The van der Waals surface area contributed by atoms with Crippen LogP contribution < -0.4 is 16.8 Å². The van der Waals surface area contributed by atoms with Crippen molar-refractivity contribution < 1.29 is 4.79 Å². The zero-order chi connectivity index (χ0) is 20.7. The molecule has 1 unspecified atom stereocenters. The van der Waals surface area contributed by atoms with E-state index in [-0.39, 0.29) is 17.6 Å². The van der Waals surface area contributed by atoms with Gasteiger partial charge < -0.3 is 16.8 Å². The van der Waals surface area contributed by atoms with E-state index in [0.717, 1.165) is 16.8 Å². The lowest BCUT2D eigenvalue weighted by molar-refractivity contribution is -0.122. The number of carbonyl (C=O) groups excluding carboxylic acids is 1. The van der Waals surface area contributed by atoms with Gasteiger partial charge >= 0.3 is 0 Å². The second-order valence-electron chi connectivity index (χ2n) is 7.00. The maximum Gasteiger partial charge on any atom is 0.235 e. The fourth-order valence-electron chi connectivity index (χ4n) is 2.80. The van der Waals surface area contributed by atoms with Crippen molar-refractivity contribution in [3.63, 3.8) is 0 Å². The van der Waals surface area contributed by atoms with Crippen LogP contribution in [0.4, 0.5) is 5.69 Å². The number of amides is 1. The Balaban J connectivity index is 2.33. The largest absolute Gasteiger partial charge is 0.404 e. The first kappa shape index (κ1) is 20.9. The number of anilines is 1. The van der Waals surface area contributed by atoms with Gasteiger partial charge in [-0.25, -0.2) is 4.99 Å². The van der Waals surface area contributed by atoms with Gasteiger partial charge in [-0.1, -0.05) is 44.7 Å². The first-order chi connectivity index (χ1) is 13.3. The first-order valence-electron chi connectivity index (χ1n) is 9.01. The van der Waals surface area contributed by atoms with Crippen LogP contribution in [0.3, 0.4) is 0 Å². The molecule has 2 rings (SSSR count). The van der Waals surface area contributed by atoms with Crippen molar-refractivity contribution in [3.8, 4) is 0 Å². The smallest absolute Gasteiger partial charge is 0.235 e. The number of aromatic nitrogens is 1. The molecule has 0 saturated heterocycles. The average molecular weight is 377 g/mol. The summed E-state index contributed by atoms with van der Waals surface area (Å²) >= 11 is 0. The number of nitrogens with two attached hydrogens (primary N) is 2. The quantitative estimate of drug-likeness (QED) is 0.643. The van der Waals surface area contributed by atoms with Gasteiger partial charge in [0, 0.05) is 36.1 Å². The van der Waals surface area contributed by atoms with Gasteiger partial charge in [-0.15, -0.1) is 0 Å². The SMILES string of the molecule is C=C(N)/N=C\C(=C/N)c1ccc(C(C)(C(=O)Nc2ccncc2)C(C)C)cc1. The number of rotatable bonds is 7. The lowest BCUT2D eigenvalue weighted by atomic mass is 9.72. The Morgan fingerprint density at radius 2 is 1.82 bits per heavy atom. The van der Waals surface area contributed by atoms with Crippen LogP contribution in [0.5, 0.6) is 0 Å². The predicted molar refractivity (Wildman–Crippen MR) is 115 cm³/mol. The van der Waals surface area contributed by atoms with Crippen LogP contribution in [-0.4, -0.2) is 17.1 Å². The minimum Gasteiger partial charge on any atom is -0.404 e. The monoisotopic (exact) mass is 377 g/mol. The summed E-state index contributed by atoms with van der Waals surface area (Å²) < 4.78 is 0. The standard InChI is InChI=1S/C22H27N5O/c1-15(2)22(4,21(28)27-20-9-11-25-12-10-20)19-7-5-17(6-8-19)18(13-23)14-26-16(3)24/h5-15H,3,23-24H2,1-2,4H3,(H,25,27,28)/b18-13+,26-14-. The Bertz CT molecular complexity index is 885. The highest BCUT2D eigenvalue weighted by atomic mass is 16.2. The van der Waals surface area contributed by atoms with Crippen LogP contribution in [0.25, 0.3) is 5.57 Å². The Kier molecular flexibility index (Phi) is 6.71. The second-order valence-corrected chi connectivity index (χ2v) is 7.00. The molecule has 1 aromatic carbocycles. The summed E-state index contributed by atoms with van der Waals surface area (Å²) in [6, 6.07) is 11.3. The summed E-state index contributed by atoms with van der Waals surface area (Å²) in [6.07, 6.45) is 6.32. The number of nitrogens with zero attached hydrogens (tertiary/aromatic N) is 2. The summed E-state index contributed by atoms with van der Waals surface area (Å²) in [5, 5.41) is 2.99. The zero-order valence-corrected chi connectivity index (χ0v) is 16.5. The Morgan fingerprint density at radius 1 is 1.21 bits per heavy atom. The van der Waals surface area contributed by atoms with E-state index in [1.54, 1.807) is 30.7 Å². The molecular weight excluding hydrogens is 350 g/mol. The summed E-state index contributed by atoms with van der Waals surface area (Å²) in [5.41, 5.74) is 13.7. The molecule has 0 spiro atoms. The molecule has 0 aliphatic rings. The van der Waals surface area contributed by atoms with Crippen molar-refractivity contribution in [1.29, 1.82) is 0 Å². The highest BCUT2D eigenvalue weighted by molar-refractivity contribution is 6.10. The Hall–Kier alpha value is -3.41. The topological polar surface area (TPSA) is 106 Å². The van der Waals surface area contributed by atoms with Crippen molar-refractivity contribution in [2.45, 2.75) is 26.2 Å². The van der Waals surface area contributed by atoms with E-state index < -0.39 is 5.41 Å². The van der Waals surface area contributed by atoms with Crippen LogP contribution in [0.15, 0.2) is 72.4 Å².